The molecule has 3 N–H and O–H groups in total. The average Bonchev–Trinajstić information content (AvgIpc) is 3.01. The lowest BCUT2D eigenvalue weighted by Crippen LogP contribution is -2.25. The van der Waals surface area contributed by atoms with Crippen LogP contribution in [0.2, 0.25) is 5.02 Å². The third kappa shape index (κ3) is 4.14. The predicted molar refractivity (Wildman–Crippen MR) is 101 cm³/mol. The molecule has 0 saturated carbocycles. The van der Waals surface area contributed by atoms with Gasteiger partial charge in [0.2, 0.25) is 5.95 Å². The van der Waals surface area contributed by atoms with Gasteiger partial charge in [-0.2, -0.15) is 10.1 Å². The molecule has 10 heteroatoms. The van der Waals surface area contributed by atoms with Crippen molar-refractivity contribution in [1.29, 1.82) is 0 Å². The van der Waals surface area contributed by atoms with Crippen LogP contribution in [-0.4, -0.2) is 35.9 Å². The van der Waals surface area contributed by atoms with Crippen LogP contribution in [0.3, 0.4) is 0 Å². The fourth-order valence-corrected chi connectivity index (χ4v) is 2.96. The summed E-state index contributed by atoms with van der Waals surface area (Å²) in [6, 6.07) is 3.19. The van der Waals surface area contributed by atoms with Crippen molar-refractivity contribution in [3.63, 3.8) is 0 Å². The minimum atomic E-state index is -1.09. The van der Waals surface area contributed by atoms with Crippen molar-refractivity contribution >= 4 is 29.3 Å². The first-order valence-electron chi connectivity index (χ1n) is 8.08. The summed E-state index contributed by atoms with van der Waals surface area (Å²) in [5, 5.41) is 18.9. The van der Waals surface area contributed by atoms with Crippen molar-refractivity contribution in [1.82, 2.24) is 30.0 Å². The van der Waals surface area contributed by atoms with Crippen molar-refractivity contribution in [2.24, 2.45) is 7.05 Å². The van der Waals surface area contributed by atoms with Gasteiger partial charge in [0, 0.05) is 18.8 Å². The highest BCUT2D eigenvalue weighted by atomic mass is 35.5. The molecule has 0 aliphatic carbocycles. The van der Waals surface area contributed by atoms with Gasteiger partial charge in [0.25, 0.3) is 0 Å². The Balaban J connectivity index is 1.91. The Morgan fingerprint density at radius 2 is 2.11 bits per heavy atom. The number of aromatic nitrogens is 5. The minimum absolute atomic E-state index is 0.367. The van der Waals surface area contributed by atoms with Crippen molar-refractivity contribution in [2.75, 3.05) is 5.32 Å². The Morgan fingerprint density at radius 1 is 1.33 bits per heavy atom. The van der Waals surface area contributed by atoms with E-state index in [1.165, 1.54) is 6.33 Å². The monoisotopic (exact) mass is 387 g/mol. The minimum Gasteiger partial charge on any atom is -0.465 e. The van der Waals surface area contributed by atoms with E-state index in [1.54, 1.807) is 30.1 Å². The van der Waals surface area contributed by atoms with E-state index in [0.717, 1.165) is 16.8 Å². The van der Waals surface area contributed by atoms with E-state index in [2.05, 4.69) is 30.7 Å². The van der Waals surface area contributed by atoms with Gasteiger partial charge in [-0.25, -0.2) is 14.8 Å². The molecule has 140 valence electrons. The summed E-state index contributed by atoms with van der Waals surface area (Å²) in [6.07, 6.45) is 3.76. The Kier molecular flexibility index (Phi) is 5.22. The summed E-state index contributed by atoms with van der Waals surface area (Å²) in [7, 11) is 1.81. The maximum absolute atomic E-state index is 10.9. The van der Waals surface area contributed by atoms with E-state index < -0.39 is 12.1 Å². The summed E-state index contributed by atoms with van der Waals surface area (Å²) in [5.41, 5.74) is 2.93. The molecule has 0 radical (unpaired) electrons. The summed E-state index contributed by atoms with van der Waals surface area (Å²) >= 11 is 6.52. The molecule has 2 heterocycles. The van der Waals surface area contributed by atoms with E-state index >= 15 is 0 Å². The maximum Gasteiger partial charge on any atom is 0.405 e. The molecule has 0 aliphatic rings. The molecule has 0 aliphatic heterocycles. The lowest BCUT2D eigenvalue weighted by atomic mass is 9.99. The van der Waals surface area contributed by atoms with Crippen LogP contribution in [0.25, 0.3) is 11.4 Å². The summed E-state index contributed by atoms with van der Waals surface area (Å²) < 4.78 is 1.66. The van der Waals surface area contributed by atoms with Crippen LogP contribution in [0, 0.1) is 6.92 Å². The van der Waals surface area contributed by atoms with Crippen LogP contribution in [-0.2, 0) is 7.05 Å². The highest BCUT2D eigenvalue weighted by molar-refractivity contribution is 6.34. The van der Waals surface area contributed by atoms with Crippen LogP contribution in [0.5, 0.6) is 0 Å². The molecule has 2 aromatic heterocycles. The fraction of sp³-hybridized carbons (Fsp3) is 0.235. The van der Waals surface area contributed by atoms with E-state index in [-0.39, 0.29) is 0 Å². The number of benzene rings is 1. The molecule has 1 aromatic carbocycles. The van der Waals surface area contributed by atoms with Gasteiger partial charge in [-0.1, -0.05) is 17.7 Å². The fourth-order valence-electron chi connectivity index (χ4n) is 2.71. The Morgan fingerprint density at radius 3 is 2.78 bits per heavy atom. The number of aryl methyl sites for hydroxylation is 1. The quantitative estimate of drug-likeness (QED) is 0.614. The molecular formula is C17H18ClN7O2. The molecule has 1 amide bonds. The molecule has 27 heavy (non-hydrogen) atoms. The molecule has 3 rings (SSSR count). The Bertz CT molecular complexity index is 989. The Labute approximate surface area is 160 Å². The topological polar surface area (TPSA) is 118 Å². The maximum atomic E-state index is 10.9. The first-order chi connectivity index (χ1) is 12.8. The number of carbonyl (C=O) groups is 1. The third-order valence-corrected chi connectivity index (χ3v) is 4.50. The molecule has 0 spiro atoms. The van der Waals surface area contributed by atoms with Crippen LogP contribution in [0.4, 0.5) is 16.4 Å². The molecule has 0 fully saturated rings. The van der Waals surface area contributed by atoms with Crippen molar-refractivity contribution in [2.45, 2.75) is 19.9 Å². The zero-order chi connectivity index (χ0) is 19.6. The number of carboxylic acid groups (broad SMARTS) is 1. The molecule has 1 atom stereocenters. The predicted octanol–water partition coefficient (Wildman–Crippen LogP) is 3.31. The molecule has 1 unspecified atom stereocenters. The molecular weight excluding hydrogens is 370 g/mol. The van der Waals surface area contributed by atoms with Crippen molar-refractivity contribution in [3.8, 4) is 11.4 Å². The highest BCUT2D eigenvalue weighted by Gasteiger charge is 2.17. The molecule has 3 aromatic rings. The summed E-state index contributed by atoms with van der Waals surface area (Å²) in [4.78, 5) is 23.6. The highest BCUT2D eigenvalue weighted by Crippen LogP contribution is 2.33. The van der Waals surface area contributed by atoms with E-state index in [1.807, 2.05) is 20.0 Å². The van der Waals surface area contributed by atoms with Gasteiger partial charge in [-0.3, -0.25) is 4.68 Å². The molecule has 0 bridgehead atoms. The van der Waals surface area contributed by atoms with Crippen LogP contribution in [0.1, 0.15) is 24.1 Å². The number of rotatable bonds is 5. The normalized spacial score (nSPS) is 11.9. The number of hydrogen-bond donors (Lipinski definition) is 3. The summed E-state index contributed by atoms with van der Waals surface area (Å²) in [5.74, 6) is 0.779. The number of anilines is 2. The van der Waals surface area contributed by atoms with Crippen LogP contribution >= 0.6 is 11.6 Å². The second-order valence-corrected chi connectivity index (χ2v) is 6.35. The van der Waals surface area contributed by atoms with Gasteiger partial charge in [-0.05, 0) is 31.0 Å². The van der Waals surface area contributed by atoms with Gasteiger partial charge in [0.1, 0.15) is 6.33 Å². The number of nitrogens with one attached hydrogen (secondary N) is 2. The second-order valence-electron chi connectivity index (χ2n) is 5.97. The standard InChI is InChI=1S/C17H18ClN7O2/c1-9-12(10(2)22-17(26)27)4-5-13(14(9)18)15-19-8-20-16(24-15)23-11-6-21-25(3)7-11/h4-8,10,22H,1-3H3,(H,26,27)(H,19,20,23,24). The first-order valence-corrected chi connectivity index (χ1v) is 8.46. The number of hydrogen-bond acceptors (Lipinski definition) is 6. The number of amides is 1. The SMILES string of the molecule is Cc1c(C(C)NC(=O)O)ccc(-c2ncnc(Nc3cnn(C)c3)n2)c1Cl. The zero-order valence-corrected chi connectivity index (χ0v) is 15.7. The van der Waals surface area contributed by atoms with Gasteiger partial charge >= 0.3 is 6.09 Å². The molecule has 0 saturated heterocycles. The zero-order valence-electron chi connectivity index (χ0n) is 14.9. The summed E-state index contributed by atoms with van der Waals surface area (Å²) in [6.45, 7) is 3.59. The van der Waals surface area contributed by atoms with E-state index in [0.29, 0.717) is 22.4 Å². The van der Waals surface area contributed by atoms with Gasteiger partial charge in [0.15, 0.2) is 5.82 Å². The second kappa shape index (κ2) is 7.58. The van der Waals surface area contributed by atoms with Crippen LogP contribution in [0.15, 0.2) is 30.9 Å². The largest absolute Gasteiger partial charge is 0.465 e. The average molecular weight is 388 g/mol. The lowest BCUT2D eigenvalue weighted by Gasteiger charge is -2.17. The van der Waals surface area contributed by atoms with Crippen molar-refractivity contribution in [3.05, 3.63) is 47.0 Å². The third-order valence-electron chi connectivity index (χ3n) is 4.01. The smallest absolute Gasteiger partial charge is 0.405 e. The van der Waals surface area contributed by atoms with Crippen LogP contribution < -0.4 is 10.6 Å². The first kappa shape index (κ1) is 18.6. The molecule has 9 nitrogen and oxygen atoms in total. The number of halogens is 1. The Hall–Kier alpha value is -3.20. The van der Waals surface area contributed by atoms with Gasteiger partial charge in [-0.15, -0.1) is 0 Å². The van der Waals surface area contributed by atoms with Gasteiger partial charge < -0.3 is 15.7 Å². The lowest BCUT2D eigenvalue weighted by molar-refractivity contribution is 0.191. The van der Waals surface area contributed by atoms with Gasteiger partial charge in [0.05, 0.1) is 22.9 Å². The van der Waals surface area contributed by atoms with E-state index in [9.17, 15) is 4.79 Å². The number of nitrogens with zero attached hydrogens (tertiary/aromatic N) is 5. The van der Waals surface area contributed by atoms with E-state index in [4.69, 9.17) is 16.7 Å². The van der Waals surface area contributed by atoms with Crippen molar-refractivity contribution < 1.29 is 9.90 Å².